The van der Waals surface area contributed by atoms with Crippen molar-refractivity contribution in [3.63, 3.8) is 0 Å². The van der Waals surface area contributed by atoms with Crippen molar-refractivity contribution in [2.75, 3.05) is 13.2 Å². The second kappa shape index (κ2) is 8.14. The minimum Gasteiger partial charge on any atom is -0.479 e. The fraction of sp³-hybridized carbons (Fsp3) is 0.571. The number of rotatable bonds is 6. The number of nitrogens with zero attached hydrogens (tertiary/aromatic N) is 1. The molecule has 3 amide bonds. The summed E-state index contributed by atoms with van der Waals surface area (Å²) in [6.45, 7) is 0.862. The summed E-state index contributed by atoms with van der Waals surface area (Å²) < 4.78 is 0. The first kappa shape index (κ1) is 18.4. The molecule has 0 saturated carbocycles. The summed E-state index contributed by atoms with van der Waals surface area (Å²) in [5.41, 5.74) is 0. The molecular weight excluding hydrogens is 306 g/mol. The number of carboxylic acid groups (broad SMARTS) is 1. The number of likely N-dealkylation sites (tertiary alicyclic amines) is 1. The summed E-state index contributed by atoms with van der Waals surface area (Å²) in [5.74, 6) is -1.22. The van der Waals surface area contributed by atoms with E-state index in [2.05, 4.69) is 10.6 Å². The van der Waals surface area contributed by atoms with Crippen molar-refractivity contribution in [1.29, 1.82) is 0 Å². The van der Waals surface area contributed by atoms with Crippen molar-refractivity contribution in [3.05, 3.63) is 0 Å². The molecule has 3 atom stereocenters. The van der Waals surface area contributed by atoms with E-state index in [1.807, 2.05) is 5.92 Å². The first-order valence-electron chi connectivity index (χ1n) is 6.99. The second-order valence-electron chi connectivity index (χ2n) is 5.07. The van der Waals surface area contributed by atoms with Crippen LogP contribution in [0.15, 0.2) is 0 Å². The Morgan fingerprint density at radius 1 is 1.35 bits per heavy atom. The summed E-state index contributed by atoms with van der Waals surface area (Å²) >= 11 is 0. The smallest absolute Gasteiger partial charge is 0.338 e. The molecule has 1 aliphatic heterocycles. The SMILES string of the molecule is C#C[C@H](NC(=O)[C@@H]1CCCN1C(=O)[C@H](CO)NC(C)=O)C(=O)O. The van der Waals surface area contributed by atoms with E-state index in [9.17, 15) is 24.3 Å². The van der Waals surface area contributed by atoms with E-state index in [1.54, 1.807) is 0 Å². The van der Waals surface area contributed by atoms with Crippen LogP contribution >= 0.6 is 0 Å². The molecule has 0 aliphatic carbocycles. The third-order valence-electron chi connectivity index (χ3n) is 3.40. The number of carbonyl (C=O) groups is 4. The molecule has 1 fully saturated rings. The Morgan fingerprint density at radius 2 is 2.00 bits per heavy atom. The molecule has 126 valence electrons. The molecule has 0 aromatic heterocycles. The zero-order valence-electron chi connectivity index (χ0n) is 12.6. The van der Waals surface area contributed by atoms with Crippen molar-refractivity contribution >= 4 is 23.7 Å². The Bertz CT molecular complexity index is 541. The van der Waals surface area contributed by atoms with Crippen LogP contribution in [0.4, 0.5) is 0 Å². The van der Waals surface area contributed by atoms with E-state index in [0.717, 1.165) is 0 Å². The van der Waals surface area contributed by atoms with Crippen LogP contribution < -0.4 is 10.6 Å². The second-order valence-corrected chi connectivity index (χ2v) is 5.07. The summed E-state index contributed by atoms with van der Waals surface area (Å²) in [4.78, 5) is 47.6. The van der Waals surface area contributed by atoms with Gasteiger partial charge in [0.25, 0.3) is 0 Å². The molecule has 1 saturated heterocycles. The molecule has 0 aromatic rings. The number of hydrogen-bond acceptors (Lipinski definition) is 5. The maximum absolute atomic E-state index is 12.3. The van der Waals surface area contributed by atoms with Gasteiger partial charge in [0.05, 0.1) is 6.61 Å². The molecule has 1 aliphatic rings. The molecule has 0 spiro atoms. The van der Waals surface area contributed by atoms with Gasteiger partial charge in [-0.05, 0) is 12.8 Å². The lowest BCUT2D eigenvalue weighted by molar-refractivity contribution is -0.144. The highest BCUT2D eigenvalue weighted by atomic mass is 16.4. The van der Waals surface area contributed by atoms with Gasteiger partial charge < -0.3 is 25.7 Å². The van der Waals surface area contributed by atoms with Gasteiger partial charge in [-0.2, -0.15) is 0 Å². The van der Waals surface area contributed by atoms with Crippen molar-refractivity contribution in [2.24, 2.45) is 0 Å². The minimum absolute atomic E-state index is 0.265. The Morgan fingerprint density at radius 3 is 2.48 bits per heavy atom. The van der Waals surface area contributed by atoms with E-state index >= 15 is 0 Å². The van der Waals surface area contributed by atoms with Crippen molar-refractivity contribution < 1.29 is 29.4 Å². The molecule has 4 N–H and O–H groups in total. The molecule has 23 heavy (non-hydrogen) atoms. The number of aliphatic hydroxyl groups is 1. The summed E-state index contributed by atoms with van der Waals surface area (Å²) in [6.07, 6.45) is 5.91. The maximum Gasteiger partial charge on any atom is 0.338 e. The van der Waals surface area contributed by atoms with E-state index in [4.69, 9.17) is 11.5 Å². The highest BCUT2D eigenvalue weighted by Crippen LogP contribution is 2.18. The molecule has 0 unspecified atom stereocenters. The number of nitrogens with one attached hydrogen (secondary N) is 2. The third kappa shape index (κ3) is 4.69. The molecule has 9 heteroatoms. The average Bonchev–Trinajstić information content (AvgIpc) is 2.98. The molecule has 0 radical (unpaired) electrons. The quantitative estimate of drug-likeness (QED) is 0.405. The van der Waals surface area contributed by atoms with Crippen LogP contribution in [0.1, 0.15) is 19.8 Å². The molecule has 1 rings (SSSR count). The number of amides is 3. The molecule has 0 aromatic carbocycles. The average molecular weight is 325 g/mol. The normalized spacial score (nSPS) is 19.3. The topological polar surface area (TPSA) is 136 Å². The van der Waals surface area contributed by atoms with Crippen LogP contribution in [-0.2, 0) is 19.2 Å². The van der Waals surface area contributed by atoms with Crippen LogP contribution in [0.5, 0.6) is 0 Å². The summed E-state index contributed by atoms with van der Waals surface area (Å²) in [7, 11) is 0. The van der Waals surface area contributed by atoms with Crippen LogP contribution in [0, 0.1) is 12.3 Å². The first-order valence-corrected chi connectivity index (χ1v) is 6.99. The van der Waals surface area contributed by atoms with Gasteiger partial charge in [-0.1, -0.05) is 5.92 Å². The van der Waals surface area contributed by atoms with Gasteiger partial charge >= 0.3 is 5.97 Å². The van der Waals surface area contributed by atoms with Crippen LogP contribution in [0.25, 0.3) is 0 Å². The van der Waals surface area contributed by atoms with Gasteiger partial charge in [0.2, 0.25) is 17.7 Å². The lowest BCUT2D eigenvalue weighted by Crippen LogP contribution is -2.55. The Labute approximate surface area is 133 Å². The predicted octanol–water partition coefficient (Wildman–Crippen LogP) is -2.32. The minimum atomic E-state index is -1.48. The van der Waals surface area contributed by atoms with Crippen molar-refractivity contribution in [1.82, 2.24) is 15.5 Å². The lowest BCUT2D eigenvalue weighted by atomic mass is 10.1. The van der Waals surface area contributed by atoms with E-state index in [1.165, 1.54) is 11.8 Å². The fourth-order valence-electron chi connectivity index (χ4n) is 2.35. The van der Waals surface area contributed by atoms with E-state index < -0.39 is 48.4 Å². The largest absolute Gasteiger partial charge is 0.479 e. The van der Waals surface area contributed by atoms with Gasteiger partial charge in [-0.25, -0.2) is 4.79 Å². The number of carbonyl (C=O) groups excluding carboxylic acids is 3. The molecular formula is C14H19N3O6. The van der Waals surface area contributed by atoms with Gasteiger partial charge in [-0.15, -0.1) is 6.42 Å². The van der Waals surface area contributed by atoms with Crippen molar-refractivity contribution in [2.45, 2.75) is 37.9 Å². The highest BCUT2D eigenvalue weighted by Gasteiger charge is 2.38. The lowest BCUT2D eigenvalue weighted by Gasteiger charge is -2.28. The van der Waals surface area contributed by atoms with E-state index in [-0.39, 0.29) is 6.54 Å². The predicted molar refractivity (Wildman–Crippen MR) is 77.8 cm³/mol. The van der Waals surface area contributed by atoms with Gasteiger partial charge in [0.1, 0.15) is 12.1 Å². The van der Waals surface area contributed by atoms with Crippen LogP contribution in [-0.4, -0.2) is 70.1 Å². The monoisotopic (exact) mass is 325 g/mol. The van der Waals surface area contributed by atoms with E-state index in [0.29, 0.717) is 12.8 Å². The van der Waals surface area contributed by atoms with Gasteiger partial charge in [0.15, 0.2) is 6.04 Å². The Hall–Kier alpha value is -2.60. The maximum atomic E-state index is 12.3. The van der Waals surface area contributed by atoms with Crippen LogP contribution in [0.2, 0.25) is 0 Å². The molecule has 0 bridgehead atoms. The van der Waals surface area contributed by atoms with Gasteiger partial charge in [0, 0.05) is 13.5 Å². The highest BCUT2D eigenvalue weighted by molar-refractivity contribution is 5.94. The zero-order chi connectivity index (χ0) is 17.6. The number of carboxylic acids is 1. The summed E-state index contributed by atoms with van der Waals surface area (Å²) in [6, 6.07) is -3.52. The number of terminal acetylenes is 1. The third-order valence-corrected chi connectivity index (χ3v) is 3.40. The Kier molecular flexibility index (Phi) is 6.53. The molecule has 9 nitrogen and oxygen atoms in total. The van der Waals surface area contributed by atoms with Crippen molar-refractivity contribution in [3.8, 4) is 12.3 Å². The number of hydrogen-bond donors (Lipinski definition) is 4. The number of aliphatic carboxylic acids is 1. The summed E-state index contributed by atoms with van der Waals surface area (Å²) in [5, 5.41) is 22.5. The molecule has 1 heterocycles. The zero-order valence-corrected chi connectivity index (χ0v) is 12.6. The first-order chi connectivity index (χ1) is 10.8. The standard InChI is InChI=1S/C14H19N3O6/c1-3-9(14(22)23)16-12(20)11-5-4-6-17(11)13(21)10(7-18)15-8(2)19/h1,9-11,18H,4-7H2,2H3,(H,15,19)(H,16,20)(H,22,23)/t9-,10-,11-/m0/s1. The number of aliphatic hydroxyl groups excluding tert-OH is 1. The Balaban J connectivity index is 2.81. The van der Waals surface area contributed by atoms with Crippen LogP contribution in [0.3, 0.4) is 0 Å². The van der Waals surface area contributed by atoms with Gasteiger partial charge in [-0.3, -0.25) is 14.4 Å². The fourth-order valence-corrected chi connectivity index (χ4v) is 2.35.